The minimum atomic E-state index is 0.0179. The largest absolute Gasteiger partial charge is 0.480 e. The third-order valence-electron chi connectivity index (χ3n) is 5.26. The number of piperazine rings is 1. The molecule has 0 atom stereocenters. The first-order valence-electron chi connectivity index (χ1n) is 9.70. The van der Waals surface area contributed by atoms with Crippen molar-refractivity contribution in [1.82, 2.24) is 24.6 Å². The molecule has 8 nitrogen and oxygen atoms in total. The molecule has 2 aromatic heterocycles. The Kier molecular flexibility index (Phi) is 5.59. The van der Waals surface area contributed by atoms with E-state index in [1.54, 1.807) is 24.2 Å². The number of benzene rings is 1. The minimum absolute atomic E-state index is 0.0179. The molecule has 0 bridgehead atoms. The summed E-state index contributed by atoms with van der Waals surface area (Å²) in [6.07, 6.45) is 3.29. The second-order valence-electron chi connectivity index (χ2n) is 7.14. The molecule has 1 aromatic carbocycles. The zero-order chi connectivity index (χ0) is 21.3. The molecule has 9 heteroatoms. The normalized spacial score (nSPS) is 14.1. The van der Waals surface area contributed by atoms with Crippen LogP contribution >= 0.6 is 11.6 Å². The van der Waals surface area contributed by atoms with Gasteiger partial charge in [-0.15, -0.1) is 0 Å². The summed E-state index contributed by atoms with van der Waals surface area (Å²) in [5, 5.41) is 5.12. The smallest absolute Gasteiger partial charge is 0.253 e. The number of methoxy groups -OCH3 is 1. The van der Waals surface area contributed by atoms with Crippen molar-refractivity contribution < 1.29 is 9.53 Å². The van der Waals surface area contributed by atoms with Gasteiger partial charge >= 0.3 is 0 Å². The van der Waals surface area contributed by atoms with Crippen LogP contribution in [0.5, 0.6) is 5.88 Å². The van der Waals surface area contributed by atoms with Crippen LogP contribution in [-0.2, 0) is 0 Å². The standard InChI is InChI=1S/C21H23ClN6O2/c1-14-20(22)15(2)28(25-14)17-6-4-16(5-7-17)21(29)27-10-8-26(9-11-27)18-12-23-13-19(24-18)30-3/h4-7,12-13H,8-11H2,1-3H3. The molecule has 1 aliphatic rings. The number of aryl methyl sites for hydroxylation is 1. The lowest BCUT2D eigenvalue weighted by Gasteiger charge is -2.35. The third-order valence-corrected chi connectivity index (χ3v) is 5.81. The Morgan fingerprint density at radius 2 is 1.77 bits per heavy atom. The summed E-state index contributed by atoms with van der Waals surface area (Å²) in [5.74, 6) is 1.26. The molecule has 3 aromatic rings. The summed E-state index contributed by atoms with van der Waals surface area (Å²) in [7, 11) is 1.57. The van der Waals surface area contributed by atoms with E-state index >= 15 is 0 Å². The van der Waals surface area contributed by atoms with Crippen molar-refractivity contribution in [2.45, 2.75) is 13.8 Å². The number of anilines is 1. The Labute approximate surface area is 180 Å². The van der Waals surface area contributed by atoms with Crippen molar-refractivity contribution in [1.29, 1.82) is 0 Å². The molecule has 0 unspecified atom stereocenters. The lowest BCUT2D eigenvalue weighted by atomic mass is 10.1. The summed E-state index contributed by atoms with van der Waals surface area (Å²) >= 11 is 6.24. The van der Waals surface area contributed by atoms with Crippen LogP contribution in [0, 0.1) is 13.8 Å². The van der Waals surface area contributed by atoms with Gasteiger partial charge in [0.1, 0.15) is 0 Å². The fourth-order valence-corrected chi connectivity index (χ4v) is 3.65. The Balaban J connectivity index is 1.42. The average Bonchev–Trinajstić information content (AvgIpc) is 3.06. The van der Waals surface area contributed by atoms with Gasteiger partial charge < -0.3 is 14.5 Å². The molecule has 0 saturated carbocycles. The topological polar surface area (TPSA) is 76.4 Å². The molecule has 0 radical (unpaired) electrons. The Hall–Kier alpha value is -3.13. The Bertz CT molecular complexity index is 1060. The predicted octanol–water partition coefficient (Wildman–Crippen LogP) is 2.90. The summed E-state index contributed by atoms with van der Waals surface area (Å²) in [5.41, 5.74) is 3.19. The first-order valence-corrected chi connectivity index (χ1v) is 10.1. The van der Waals surface area contributed by atoms with Crippen molar-refractivity contribution in [2.75, 3.05) is 38.2 Å². The van der Waals surface area contributed by atoms with Gasteiger partial charge in [-0.2, -0.15) is 10.1 Å². The second-order valence-corrected chi connectivity index (χ2v) is 7.52. The highest BCUT2D eigenvalue weighted by Gasteiger charge is 2.23. The Morgan fingerprint density at radius 1 is 1.07 bits per heavy atom. The highest BCUT2D eigenvalue weighted by atomic mass is 35.5. The van der Waals surface area contributed by atoms with Gasteiger partial charge in [-0.3, -0.25) is 9.78 Å². The van der Waals surface area contributed by atoms with E-state index in [4.69, 9.17) is 16.3 Å². The number of amides is 1. The number of halogens is 1. The number of hydrogen-bond donors (Lipinski definition) is 0. The molecular weight excluding hydrogens is 404 g/mol. The molecule has 1 amide bonds. The molecule has 0 aliphatic carbocycles. The molecule has 0 spiro atoms. The number of carbonyl (C=O) groups excluding carboxylic acids is 1. The maximum atomic E-state index is 12.9. The minimum Gasteiger partial charge on any atom is -0.480 e. The monoisotopic (exact) mass is 426 g/mol. The average molecular weight is 427 g/mol. The van der Waals surface area contributed by atoms with Gasteiger partial charge in [-0.1, -0.05) is 11.6 Å². The van der Waals surface area contributed by atoms with Crippen LogP contribution in [0.3, 0.4) is 0 Å². The van der Waals surface area contributed by atoms with Crippen LogP contribution in [0.15, 0.2) is 36.7 Å². The highest BCUT2D eigenvalue weighted by Crippen LogP contribution is 2.23. The first-order chi connectivity index (χ1) is 14.5. The maximum absolute atomic E-state index is 12.9. The fourth-order valence-electron chi connectivity index (χ4n) is 3.53. The van der Waals surface area contributed by atoms with Gasteiger partial charge in [0.2, 0.25) is 5.88 Å². The van der Waals surface area contributed by atoms with Crippen LogP contribution in [-0.4, -0.2) is 63.8 Å². The maximum Gasteiger partial charge on any atom is 0.253 e. The quantitative estimate of drug-likeness (QED) is 0.638. The van der Waals surface area contributed by atoms with Crippen molar-refractivity contribution in [3.63, 3.8) is 0 Å². The van der Waals surface area contributed by atoms with Crippen molar-refractivity contribution in [3.8, 4) is 11.6 Å². The molecule has 4 rings (SSSR count). The lowest BCUT2D eigenvalue weighted by Crippen LogP contribution is -2.49. The predicted molar refractivity (Wildman–Crippen MR) is 115 cm³/mol. The number of carbonyl (C=O) groups is 1. The van der Waals surface area contributed by atoms with E-state index in [0.717, 1.165) is 22.9 Å². The summed E-state index contributed by atoms with van der Waals surface area (Å²) < 4.78 is 6.93. The van der Waals surface area contributed by atoms with Crippen LogP contribution in [0.2, 0.25) is 5.02 Å². The van der Waals surface area contributed by atoms with Crippen LogP contribution in [0.4, 0.5) is 5.82 Å². The molecule has 3 heterocycles. The van der Waals surface area contributed by atoms with Crippen LogP contribution in [0.1, 0.15) is 21.7 Å². The van der Waals surface area contributed by atoms with Crippen LogP contribution in [0.25, 0.3) is 5.69 Å². The van der Waals surface area contributed by atoms with Crippen molar-refractivity contribution in [2.24, 2.45) is 0 Å². The molecule has 1 fully saturated rings. The van der Waals surface area contributed by atoms with E-state index in [2.05, 4.69) is 20.0 Å². The summed E-state index contributed by atoms with van der Waals surface area (Å²) in [6, 6.07) is 7.46. The first kappa shape index (κ1) is 20.2. The number of aromatic nitrogens is 4. The zero-order valence-electron chi connectivity index (χ0n) is 17.2. The zero-order valence-corrected chi connectivity index (χ0v) is 17.9. The van der Waals surface area contributed by atoms with Gasteiger partial charge in [-0.25, -0.2) is 4.68 Å². The number of rotatable bonds is 4. The second kappa shape index (κ2) is 8.31. The molecule has 1 aliphatic heterocycles. The van der Waals surface area contributed by atoms with Gasteiger partial charge in [0.15, 0.2) is 5.82 Å². The van der Waals surface area contributed by atoms with E-state index in [1.165, 1.54) is 0 Å². The highest BCUT2D eigenvalue weighted by molar-refractivity contribution is 6.31. The van der Waals surface area contributed by atoms with Gasteiger partial charge in [0.25, 0.3) is 5.91 Å². The fraction of sp³-hybridized carbons (Fsp3) is 0.333. The lowest BCUT2D eigenvalue weighted by molar-refractivity contribution is 0.0746. The molecular formula is C21H23ClN6O2. The van der Waals surface area contributed by atoms with Gasteiger partial charge in [-0.05, 0) is 38.1 Å². The molecule has 156 valence electrons. The van der Waals surface area contributed by atoms with E-state index < -0.39 is 0 Å². The van der Waals surface area contributed by atoms with E-state index in [0.29, 0.717) is 42.6 Å². The number of hydrogen-bond acceptors (Lipinski definition) is 6. The van der Waals surface area contributed by atoms with Crippen molar-refractivity contribution in [3.05, 3.63) is 58.6 Å². The van der Waals surface area contributed by atoms with E-state index in [-0.39, 0.29) is 5.91 Å². The molecule has 0 N–H and O–H groups in total. The number of ether oxygens (including phenoxy) is 1. The van der Waals surface area contributed by atoms with E-state index in [1.807, 2.05) is 43.0 Å². The van der Waals surface area contributed by atoms with Gasteiger partial charge in [0, 0.05) is 31.7 Å². The molecule has 1 saturated heterocycles. The van der Waals surface area contributed by atoms with E-state index in [9.17, 15) is 4.79 Å². The summed E-state index contributed by atoms with van der Waals surface area (Å²) in [4.78, 5) is 25.5. The molecule has 30 heavy (non-hydrogen) atoms. The SMILES string of the molecule is COc1cncc(N2CCN(C(=O)c3ccc(-n4nc(C)c(Cl)c4C)cc3)CC2)n1. The third kappa shape index (κ3) is 3.82. The number of nitrogens with zero attached hydrogens (tertiary/aromatic N) is 6. The van der Waals surface area contributed by atoms with Crippen LogP contribution < -0.4 is 9.64 Å². The summed E-state index contributed by atoms with van der Waals surface area (Å²) in [6.45, 7) is 6.42. The Morgan fingerprint density at radius 3 is 2.37 bits per heavy atom. The van der Waals surface area contributed by atoms with Gasteiger partial charge in [0.05, 0.1) is 41.6 Å². The van der Waals surface area contributed by atoms with Crippen molar-refractivity contribution >= 4 is 23.3 Å².